The van der Waals surface area contributed by atoms with Crippen molar-refractivity contribution in [2.75, 3.05) is 24.7 Å². The Labute approximate surface area is 485 Å². The van der Waals surface area contributed by atoms with Gasteiger partial charge in [0.15, 0.2) is 5.96 Å². The zero-order valence-electron chi connectivity index (χ0n) is 46.6. The summed E-state index contributed by atoms with van der Waals surface area (Å²) in [6.45, 7) is 8.85. The summed E-state index contributed by atoms with van der Waals surface area (Å²) in [6.07, 6.45) is -2.41. The number of primary amides is 1. The van der Waals surface area contributed by atoms with Gasteiger partial charge in [-0.1, -0.05) is 53.7 Å². The van der Waals surface area contributed by atoms with E-state index in [9.17, 15) is 78.0 Å². The highest BCUT2D eigenvalue weighted by atomic mass is 32.1. The molecule has 0 fully saturated rings. The molecule has 0 unspecified atom stereocenters. The Balaban J connectivity index is 3.52. The van der Waals surface area contributed by atoms with Crippen molar-refractivity contribution in [3.63, 3.8) is 0 Å². The van der Waals surface area contributed by atoms with Crippen molar-refractivity contribution in [3.8, 4) is 5.75 Å². The summed E-state index contributed by atoms with van der Waals surface area (Å²) in [5, 5.41) is 71.0. The molecule has 0 spiro atoms. The molecule has 82 heavy (non-hydrogen) atoms. The molecule has 0 aliphatic carbocycles. The van der Waals surface area contributed by atoms with E-state index in [1.165, 1.54) is 24.3 Å². The Kier molecular flexibility index (Phi) is 32.6. The van der Waals surface area contributed by atoms with Crippen LogP contribution in [-0.2, 0) is 64.0 Å². The SMILES string of the molecule is CC(C)C[C@H](NC(=O)[C@H](CO)NC(=O)[C@H](CC(C)C)NC(=O)[C@@H](NC(=O)[C@H](CCCNC(=N)N)NC(=O)[C@H](CCC(=O)O)NC(=O)[C@H](Cc1ccc(O)cc1)NC(=O)[C@@H](N)CS)C(C)C)C(=O)N[C@@H](CC(N)=O)C(=O)N[C@@H](CS)C(=O)O. The van der Waals surface area contributed by atoms with E-state index in [1.54, 1.807) is 41.5 Å². The van der Waals surface area contributed by atoms with E-state index in [2.05, 4.69) is 78.4 Å². The van der Waals surface area contributed by atoms with E-state index in [4.69, 9.17) is 22.6 Å². The Hall–Kier alpha value is -7.45. The number of phenolic OH excluding ortho intramolecular Hbond substituents is 1. The molecule has 0 bridgehead atoms. The number of phenols is 1. The van der Waals surface area contributed by atoms with Gasteiger partial charge < -0.3 is 90.8 Å². The highest BCUT2D eigenvalue weighted by Gasteiger charge is 2.37. The third-order valence-electron chi connectivity index (χ3n) is 12.0. The predicted molar refractivity (Wildman–Crippen MR) is 303 cm³/mol. The molecule has 460 valence electrons. The maximum absolute atomic E-state index is 14.3. The number of carbonyl (C=O) groups excluding carboxylic acids is 10. The highest BCUT2D eigenvalue weighted by molar-refractivity contribution is 7.80. The summed E-state index contributed by atoms with van der Waals surface area (Å²) < 4.78 is 0. The molecule has 1 rings (SSSR count). The smallest absolute Gasteiger partial charge is 0.327 e. The lowest BCUT2D eigenvalue weighted by Crippen LogP contribution is -2.62. The van der Waals surface area contributed by atoms with Crippen LogP contribution in [0.5, 0.6) is 5.75 Å². The Morgan fingerprint density at radius 1 is 0.549 bits per heavy atom. The van der Waals surface area contributed by atoms with Crippen LogP contribution >= 0.6 is 25.3 Å². The van der Waals surface area contributed by atoms with Gasteiger partial charge in [0.2, 0.25) is 59.1 Å². The van der Waals surface area contributed by atoms with Crippen molar-refractivity contribution < 1.29 is 78.0 Å². The van der Waals surface area contributed by atoms with E-state index in [0.29, 0.717) is 5.56 Å². The summed E-state index contributed by atoms with van der Waals surface area (Å²) in [5.41, 5.74) is 17.0. The Bertz CT molecular complexity index is 2380. The summed E-state index contributed by atoms with van der Waals surface area (Å²) in [5.74, 6) is -15.0. The van der Waals surface area contributed by atoms with E-state index in [-0.39, 0.29) is 67.7 Å². The van der Waals surface area contributed by atoms with Gasteiger partial charge in [0.05, 0.1) is 19.1 Å². The number of aliphatic hydroxyl groups is 1. The van der Waals surface area contributed by atoms with Gasteiger partial charge in [-0.05, 0) is 67.6 Å². The minimum absolute atomic E-state index is 0.0173. The molecule has 0 saturated carbocycles. The van der Waals surface area contributed by atoms with Crippen LogP contribution in [0.15, 0.2) is 24.3 Å². The summed E-state index contributed by atoms with van der Waals surface area (Å²) in [7, 11) is 0. The molecular formula is C50H82N14O16S2. The summed E-state index contributed by atoms with van der Waals surface area (Å²) >= 11 is 7.92. The van der Waals surface area contributed by atoms with Gasteiger partial charge in [0, 0.05) is 30.9 Å². The van der Waals surface area contributed by atoms with Gasteiger partial charge in [-0.25, -0.2) is 4.79 Å². The number of thiol groups is 2. The number of aliphatic hydroxyl groups excluding tert-OH is 1. The summed E-state index contributed by atoms with van der Waals surface area (Å²) in [4.78, 5) is 159. The van der Waals surface area contributed by atoms with Gasteiger partial charge in [-0.2, -0.15) is 25.3 Å². The molecule has 10 atom stereocenters. The molecule has 1 aromatic carbocycles. The third-order valence-corrected chi connectivity index (χ3v) is 12.8. The molecule has 30 nitrogen and oxygen atoms in total. The zero-order chi connectivity index (χ0) is 62.6. The van der Waals surface area contributed by atoms with Crippen LogP contribution in [0.4, 0.5) is 0 Å². The van der Waals surface area contributed by atoms with Crippen LogP contribution in [-0.4, -0.2) is 182 Å². The number of carboxylic acid groups (broad SMARTS) is 2. The van der Waals surface area contributed by atoms with Gasteiger partial charge in [0.25, 0.3) is 0 Å². The molecule has 0 aliphatic heterocycles. The fraction of sp³-hybridized carbons (Fsp3) is 0.620. The summed E-state index contributed by atoms with van der Waals surface area (Å²) in [6, 6.07) is -9.41. The minimum Gasteiger partial charge on any atom is -0.508 e. The molecule has 0 heterocycles. The second kappa shape index (κ2) is 36.8. The largest absolute Gasteiger partial charge is 0.508 e. The maximum atomic E-state index is 14.3. The number of carboxylic acids is 2. The first-order chi connectivity index (χ1) is 38.3. The Morgan fingerprint density at radius 3 is 1.44 bits per heavy atom. The number of hydrogen-bond acceptors (Lipinski definition) is 18. The number of rotatable bonds is 38. The maximum Gasteiger partial charge on any atom is 0.327 e. The number of amides is 10. The molecule has 10 amide bonds. The molecule has 0 aliphatic rings. The van der Waals surface area contributed by atoms with Crippen molar-refractivity contribution in [1.29, 1.82) is 5.41 Å². The van der Waals surface area contributed by atoms with Crippen LogP contribution < -0.4 is 70.4 Å². The van der Waals surface area contributed by atoms with E-state index >= 15 is 0 Å². The lowest BCUT2D eigenvalue weighted by atomic mass is 9.99. The Morgan fingerprint density at radius 2 is 0.976 bits per heavy atom. The fourth-order valence-corrected chi connectivity index (χ4v) is 8.07. The topological polar surface area (TPSA) is 508 Å². The predicted octanol–water partition coefficient (Wildman–Crippen LogP) is -4.69. The average Bonchev–Trinajstić information content (AvgIpc) is 3.43. The number of hydrogen-bond donors (Lipinski definition) is 20. The first-order valence-corrected chi connectivity index (χ1v) is 27.5. The second-order valence-electron chi connectivity index (χ2n) is 20.4. The number of guanidine groups is 1. The molecule has 0 saturated heterocycles. The standard InChI is InChI=1S/C50H82N14O16S2/c1-23(2)16-31(43(73)60-34(19-37(52)67)46(76)63-36(22-82)49(79)80)59-47(77)35(20-65)62-44(74)32(17-24(3)4)61-48(78)39(25(5)6)64-42(72)29(8-7-15-55-50(53)54)56-41(71)30(13-14-38(68)69)57-45(75)33(58-40(70)28(51)21-81)18-26-9-11-27(66)12-10-26/h9-12,23-25,28-36,39,65-66,81-82H,7-8,13-22,51H2,1-6H3,(H2,52,67)(H,56,71)(H,57,75)(H,58,70)(H,59,77)(H,60,73)(H,61,78)(H,62,74)(H,63,76)(H,64,72)(H,68,69)(H,79,80)(H4,53,54,55)/t28-,29-,30-,31-,32-,33-,34-,35-,36-,39-/m0/s1. The second-order valence-corrected chi connectivity index (χ2v) is 21.2. The quantitative estimate of drug-likeness (QED) is 0.0128. The van der Waals surface area contributed by atoms with Gasteiger partial charge in [-0.3, -0.25) is 58.1 Å². The van der Waals surface area contributed by atoms with Crippen molar-refractivity contribution in [2.24, 2.45) is 35.0 Å². The first-order valence-electron chi connectivity index (χ1n) is 26.2. The lowest BCUT2D eigenvalue weighted by Gasteiger charge is -2.29. The number of nitrogens with two attached hydrogens (primary N) is 3. The number of aromatic hydroxyl groups is 1. The van der Waals surface area contributed by atoms with Crippen molar-refractivity contribution in [1.82, 2.24) is 53.2 Å². The highest BCUT2D eigenvalue weighted by Crippen LogP contribution is 2.14. The third kappa shape index (κ3) is 27.3. The van der Waals surface area contributed by atoms with Crippen molar-refractivity contribution >= 4 is 102 Å². The number of benzene rings is 1. The molecule has 32 heteroatoms. The van der Waals surface area contributed by atoms with Crippen LogP contribution in [0.1, 0.15) is 92.1 Å². The first kappa shape index (κ1) is 72.6. The fourth-order valence-electron chi connectivity index (χ4n) is 7.65. The average molecular weight is 1200 g/mol. The van der Waals surface area contributed by atoms with Crippen molar-refractivity contribution in [2.45, 2.75) is 153 Å². The van der Waals surface area contributed by atoms with Crippen LogP contribution in [0.2, 0.25) is 0 Å². The molecule has 1 aromatic rings. The normalized spacial score (nSPS) is 14.8. The number of aliphatic carboxylic acids is 2. The van der Waals surface area contributed by atoms with Crippen LogP contribution in [0.3, 0.4) is 0 Å². The molecule has 21 N–H and O–H groups in total. The van der Waals surface area contributed by atoms with E-state index in [0.717, 1.165) is 0 Å². The lowest BCUT2D eigenvalue weighted by molar-refractivity contribution is -0.142. The monoisotopic (exact) mass is 1200 g/mol. The van der Waals surface area contributed by atoms with Crippen LogP contribution in [0.25, 0.3) is 0 Å². The van der Waals surface area contributed by atoms with E-state index in [1.807, 2.05) is 0 Å². The van der Waals surface area contributed by atoms with E-state index < -0.39 is 169 Å². The number of nitrogens with one attached hydrogen (secondary N) is 11. The number of carbonyl (C=O) groups is 12. The molecule has 0 radical (unpaired) electrons. The zero-order valence-corrected chi connectivity index (χ0v) is 48.4. The van der Waals surface area contributed by atoms with Gasteiger partial charge in [-0.15, -0.1) is 0 Å². The molecular weight excluding hydrogens is 1120 g/mol. The minimum atomic E-state index is -1.76. The van der Waals surface area contributed by atoms with Crippen molar-refractivity contribution in [3.05, 3.63) is 29.8 Å². The van der Waals surface area contributed by atoms with Crippen LogP contribution in [0, 0.1) is 23.2 Å². The van der Waals surface area contributed by atoms with Gasteiger partial charge >= 0.3 is 11.9 Å². The van der Waals surface area contributed by atoms with Gasteiger partial charge in [0.1, 0.15) is 60.1 Å². The molecule has 0 aromatic heterocycles.